The number of nitrogens with zero attached hydrogens (tertiary/aromatic N) is 2. The van der Waals surface area contributed by atoms with Crippen molar-refractivity contribution in [2.24, 2.45) is 0 Å². The predicted molar refractivity (Wildman–Crippen MR) is 148 cm³/mol. The summed E-state index contributed by atoms with van der Waals surface area (Å²) in [5, 5.41) is 3.47. The van der Waals surface area contributed by atoms with Crippen molar-refractivity contribution in [3.05, 3.63) is 59.1 Å². The van der Waals surface area contributed by atoms with E-state index in [0.717, 1.165) is 11.8 Å². The van der Waals surface area contributed by atoms with Crippen LogP contribution in [0, 0.1) is 0 Å². The fourth-order valence-corrected chi connectivity index (χ4v) is 5.17. The minimum absolute atomic E-state index is 0.0465. The van der Waals surface area contributed by atoms with Crippen molar-refractivity contribution in [1.29, 1.82) is 0 Å². The van der Waals surface area contributed by atoms with Crippen LogP contribution in [0.3, 0.4) is 0 Å². The summed E-state index contributed by atoms with van der Waals surface area (Å²) in [6, 6.07) is 13.3. The monoisotopic (exact) mass is 551 g/mol. The molecule has 1 N–H and O–H groups in total. The molecule has 37 heavy (non-hydrogen) atoms. The minimum atomic E-state index is -3.63. The number of sulfonamides is 1. The van der Waals surface area contributed by atoms with Gasteiger partial charge in [-0.2, -0.15) is 0 Å². The van der Waals surface area contributed by atoms with Crippen LogP contribution >= 0.6 is 11.6 Å². The molecule has 2 aromatic carbocycles. The lowest BCUT2D eigenvalue weighted by molar-refractivity contribution is -0.142. The summed E-state index contributed by atoms with van der Waals surface area (Å²) in [6.45, 7) is 7.75. The van der Waals surface area contributed by atoms with Gasteiger partial charge in [0.1, 0.15) is 11.8 Å². The normalized spacial score (nSPS) is 12.5. The topological polar surface area (TPSA) is 96.0 Å². The third kappa shape index (κ3) is 8.93. The predicted octanol–water partition coefficient (Wildman–Crippen LogP) is 4.62. The lowest BCUT2D eigenvalue weighted by atomic mass is 10.0. The number of anilines is 1. The van der Waals surface area contributed by atoms with Gasteiger partial charge in [-0.25, -0.2) is 8.42 Å². The van der Waals surface area contributed by atoms with Gasteiger partial charge < -0.3 is 15.0 Å². The van der Waals surface area contributed by atoms with Crippen LogP contribution in [0.25, 0.3) is 0 Å². The molecule has 10 heteroatoms. The zero-order valence-electron chi connectivity index (χ0n) is 22.5. The van der Waals surface area contributed by atoms with Crippen molar-refractivity contribution >= 4 is 39.1 Å². The summed E-state index contributed by atoms with van der Waals surface area (Å²) in [6.07, 6.45) is 1.83. The molecule has 0 aliphatic carbocycles. The Balaban J connectivity index is 2.28. The molecule has 0 radical (unpaired) electrons. The van der Waals surface area contributed by atoms with E-state index in [1.165, 1.54) is 16.3 Å². The van der Waals surface area contributed by atoms with E-state index in [4.69, 9.17) is 16.3 Å². The summed E-state index contributed by atoms with van der Waals surface area (Å²) in [4.78, 5) is 28.2. The van der Waals surface area contributed by atoms with Gasteiger partial charge >= 0.3 is 0 Å². The molecule has 2 aromatic rings. The van der Waals surface area contributed by atoms with Crippen LogP contribution in [0.2, 0.25) is 5.02 Å². The molecule has 0 saturated heterocycles. The van der Waals surface area contributed by atoms with Crippen molar-refractivity contribution in [3.8, 4) is 5.75 Å². The maximum absolute atomic E-state index is 13.5. The molecule has 2 amide bonds. The molecule has 0 heterocycles. The van der Waals surface area contributed by atoms with Crippen molar-refractivity contribution in [3.63, 3.8) is 0 Å². The number of benzene rings is 2. The number of hydrogen-bond acceptors (Lipinski definition) is 5. The number of amides is 2. The van der Waals surface area contributed by atoms with Crippen LogP contribution in [0.4, 0.5) is 5.69 Å². The third-order valence-electron chi connectivity index (χ3n) is 5.69. The fourth-order valence-electron chi connectivity index (χ4n) is 4.00. The molecule has 8 nitrogen and oxygen atoms in total. The van der Waals surface area contributed by atoms with E-state index in [1.54, 1.807) is 36.4 Å². The van der Waals surface area contributed by atoms with E-state index < -0.39 is 21.6 Å². The molecule has 1 atom stereocenters. The van der Waals surface area contributed by atoms with Crippen molar-refractivity contribution in [1.82, 2.24) is 10.2 Å². The second kappa shape index (κ2) is 13.1. The molecule has 0 saturated carbocycles. The number of methoxy groups -OCH3 is 1. The maximum Gasteiger partial charge on any atom is 0.243 e. The third-order valence-corrected chi connectivity index (χ3v) is 7.24. The van der Waals surface area contributed by atoms with Crippen LogP contribution in [-0.2, 0) is 26.2 Å². The zero-order valence-corrected chi connectivity index (χ0v) is 24.0. The SMILES string of the molecule is CCC(C(=O)NC(C)(C)C)N(Cc1ccccc1Cl)C(=O)CCCN(c1ccccc1OC)S(C)(=O)=O. The summed E-state index contributed by atoms with van der Waals surface area (Å²) in [7, 11) is -2.16. The average Bonchev–Trinajstić information content (AvgIpc) is 2.80. The van der Waals surface area contributed by atoms with Crippen LogP contribution in [0.15, 0.2) is 48.5 Å². The summed E-state index contributed by atoms with van der Waals surface area (Å²) in [5.74, 6) is -0.0870. The number of halogens is 1. The second-order valence-electron chi connectivity index (χ2n) is 9.89. The van der Waals surface area contributed by atoms with Gasteiger partial charge in [0.05, 0.1) is 19.1 Å². The van der Waals surface area contributed by atoms with E-state index >= 15 is 0 Å². The van der Waals surface area contributed by atoms with Gasteiger partial charge in [0.25, 0.3) is 0 Å². The first-order valence-electron chi connectivity index (χ1n) is 12.2. The Morgan fingerprint density at radius 3 is 2.27 bits per heavy atom. The first-order chi connectivity index (χ1) is 17.3. The average molecular weight is 552 g/mol. The molecule has 0 aliphatic rings. The van der Waals surface area contributed by atoms with Crippen molar-refractivity contribution in [2.75, 3.05) is 24.2 Å². The van der Waals surface area contributed by atoms with Crippen LogP contribution < -0.4 is 14.4 Å². The molecule has 0 aliphatic heterocycles. The molecule has 0 bridgehead atoms. The minimum Gasteiger partial charge on any atom is -0.495 e. The molecule has 0 spiro atoms. The van der Waals surface area contributed by atoms with Crippen LogP contribution in [0.5, 0.6) is 5.75 Å². The Kier molecular flexibility index (Phi) is 10.8. The number of ether oxygens (including phenoxy) is 1. The van der Waals surface area contributed by atoms with E-state index in [1.807, 2.05) is 39.8 Å². The summed E-state index contributed by atoms with van der Waals surface area (Å²) >= 11 is 6.38. The summed E-state index contributed by atoms with van der Waals surface area (Å²) < 4.78 is 31.7. The summed E-state index contributed by atoms with van der Waals surface area (Å²) in [5.41, 5.74) is 0.670. The highest BCUT2D eigenvalue weighted by molar-refractivity contribution is 7.92. The Hall–Kier alpha value is -2.78. The van der Waals surface area contributed by atoms with Crippen molar-refractivity contribution in [2.45, 2.75) is 65.1 Å². The van der Waals surface area contributed by atoms with Gasteiger partial charge in [-0.1, -0.05) is 48.9 Å². The van der Waals surface area contributed by atoms with Gasteiger partial charge in [-0.3, -0.25) is 13.9 Å². The molecular formula is C27H38ClN3O5S. The van der Waals surface area contributed by atoms with Crippen molar-refractivity contribution < 1.29 is 22.7 Å². The smallest absolute Gasteiger partial charge is 0.243 e. The number of carbonyl (C=O) groups excluding carboxylic acids is 2. The molecule has 204 valence electrons. The lowest BCUT2D eigenvalue weighted by Gasteiger charge is -2.33. The van der Waals surface area contributed by atoms with Crippen LogP contribution in [-0.4, -0.2) is 56.6 Å². The standard InChI is InChI=1S/C27H38ClN3O5S/c1-7-22(26(33)29-27(2,3)4)30(19-20-13-8-9-14-21(20)28)25(32)17-12-18-31(37(6,34)35)23-15-10-11-16-24(23)36-5/h8-11,13-16,22H,7,12,17-19H2,1-6H3,(H,29,33). The maximum atomic E-state index is 13.5. The number of carbonyl (C=O) groups is 2. The van der Waals surface area contributed by atoms with Gasteiger partial charge in [-0.05, 0) is 57.4 Å². The fraction of sp³-hybridized carbons (Fsp3) is 0.481. The highest BCUT2D eigenvalue weighted by atomic mass is 35.5. The Bertz CT molecular complexity index is 1180. The van der Waals surface area contributed by atoms with Crippen LogP contribution in [0.1, 0.15) is 52.5 Å². The molecule has 1 unspecified atom stereocenters. The molecule has 2 rings (SSSR count). The van der Waals surface area contributed by atoms with E-state index in [0.29, 0.717) is 22.9 Å². The highest BCUT2D eigenvalue weighted by Gasteiger charge is 2.31. The van der Waals surface area contributed by atoms with Gasteiger partial charge in [0.2, 0.25) is 21.8 Å². The highest BCUT2D eigenvalue weighted by Crippen LogP contribution is 2.30. The second-order valence-corrected chi connectivity index (χ2v) is 12.2. The quantitative estimate of drug-likeness (QED) is 0.415. The molecule has 0 fully saturated rings. The largest absolute Gasteiger partial charge is 0.495 e. The van der Waals surface area contributed by atoms with Gasteiger partial charge in [0.15, 0.2) is 0 Å². The Labute approximate surface area is 226 Å². The molecular weight excluding hydrogens is 514 g/mol. The first kappa shape index (κ1) is 30.4. The van der Waals surface area contributed by atoms with E-state index in [-0.39, 0.29) is 37.7 Å². The number of hydrogen-bond donors (Lipinski definition) is 1. The number of rotatable bonds is 12. The number of para-hydroxylation sites is 2. The zero-order chi connectivity index (χ0) is 27.8. The Morgan fingerprint density at radius 1 is 1.08 bits per heavy atom. The molecule has 0 aromatic heterocycles. The Morgan fingerprint density at radius 2 is 1.70 bits per heavy atom. The van der Waals surface area contributed by atoms with E-state index in [9.17, 15) is 18.0 Å². The van der Waals surface area contributed by atoms with E-state index in [2.05, 4.69) is 5.32 Å². The van der Waals surface area contributed by atoms with Gasteiger partial charge in [0, 0.05) is 30.1 Å². The lowest BCUT2D eigenvalue weighted by Crippen LogP contribution is -2.53. The number of nitrogens with one attached hydrogen (secondary N) is 1. The first-order valence-corrected chi connectivity index (χ1v) is 14.5. The van der Waals surface area contributed by atoms with Gasteiger partial charge in [-0.15, -0.1) is 0 Å².